The lowest BCUT2D eigenvalue weighted by Gasteiger charge is -2.32. The highest BCUT2D eigenvalue weighted by Crippen LogP contribution is 2.01. The lowest BCUT2D eigenvalue weighted by atomic mass is 10.3. The zero-order valence-electron chi connectivity index (χ0n) is 9.83. The number of carbonyl (C=O) groups excluding carboxylic acids is 3. The zero-order chi connectivity index (χ0) is 12.8. The average molecular weight is 243 g/mol. The number of amides is 3. The highest BCUT2D eigenvalue weighted by atomic mass is 16.3. The summed E-state index contributed by atoms with van der Waals surface area (Å²) in [4.78, 5) is 38.0. The third-order valence-electron chi connectivity index (χ3n) is 2.72. The molecule has 0 aromatic carbocycles. The van der Waals surface area contributed by atoms with Crippen LogP contribution in [-0.4, -0.2) is 84.4 Å². The Morgan fingerprint density at radius 2 is 1.88 bits per heavy atom. The first-order valence-electron chi connectivity index (χ1n) is 5.44. The van der Waals surface area contributed by atoms with E-state index in [4.69, 9.17) is 5.11 Å². The number of hydrogen-bond donors (Lipinski definition) is 1. The molecule has 0 aromatic heterocycles. The molecule has 1 fully saturated rings. The molecule has 0 bridgehead atoms. The summed E-state index contributed by atoms with van der Waals surface area (Å²) >= 11 is 0. The predicted molar refractivity (Wildman–Crippen MR) is 58.9 cm³/mol. The van der Waals surface area contributed by atoms with E-state index in [9.17, 15) is 14.4 Å². The van der Waals surface area contributed by atoms with Crippen molar-refractivity contribution in [2.24, 2.45) is 0 Å². The lowest BCUT2D eigenvalue weighted by molar-refractivity contribution is -0.152. The Kier molecular flexibility index (Phi) is 4.89. The van der Waals surface area contributed by atoms with E-state index in [1.807, 2.05) is 0 Å². The van der Waals surface area contributed by atoms with Crippen molar-refractivity contribution in [1.82, 2.24) is 14.7 Å². The first kappa shape index (κ1) is 13.4. The quantitative estimate of drug-likeness (QED) is 0.448. The van der Waals surface area contributed by atoms with Gasteiger partial charge in [0.15, 0.2) is 0 Å². The lowest BCUT2D eigenvalue weighted by Crippen LogP contribution is -2.52. The fourth-order valence-corrected chi connectivity index (χ4v) is 1.58. The standard InChI is InChI=1S/C10H17N3O4/c1-11(6-7-14)9(16)10(17)13-4-2-12(8-15)3-5-13/h8,14H,2-7H2,1H3. The van der Waals surface area contributed by atoms with E-state index < -0.39 is 11.8 Å². The van der Waals surface area contributed by atoms with Crippen LogP contribution in [0.25, 0.3) is 0 Å². The van der Waals surface area contributed by atoms with Gasteiger partial charge in [0.1, 0.15) is 0 Å². The Hall–Kier alpha value is -1.63. The van der Waals surface area contributed by atoms with Gasteiger partial charge in [-0.25, -0.2) is 0 Å². The first-order valence-corrected chi connectivity index (χ1v) is 5.44. The summed E-state index contributed by atoms with van der Waals surface area (Å²) in [5.41, 5.74) is 0. The summed E-state index contributed by atoms with van der Waals surface area (Å²) in [6.07, 6.45) is 0.738. The summed E-state index contributed by atoms with van der Waals surface area (Å²) in [7, 11) is 1.47. The van der Waals surface area contributed by atoms with Gasteiger partial charge in [-0.1, -0.05) is 0 Å². The molecule has 1 N–H and O–H groups in total. The Labute approximate surface area is 99.6 Å². The first-order chi connectivity index (χ1) is 8.10. The fraction of sp³-hybridized carbons (Fsp3) is 0.700. The van der Waals surface area contributed by atoms with E-state index in [1.54, 1.807) is 4.90 Å². The molecule has 1 aliphatic heterocycles. The number of carbonyl (C=O) groups is 3. The Morgan fingerprint density at radius 1 is 1.29 bits per heavy atom. The molecule has 0 aromatic rings. The van der Waals surface area contributed by atoms with Gasteiger partial charge in [-0.15, -0.1) is 0 Å². The van der Waals surface area contributed by atoms with Gasteiger partial charge >= 0.3 is 11.8 Å². The number of hydrogen-bond acceptors (Lipinski definition) is 4. The van der Waals surface area contributed by atoms with Crippen molar-refractivity contribution in [3.8, 4) is 0 Å². The van der Waals surface area contributed by atoms with Crippen molar-refractivity contribution >= 4 is 18.2 Å². The molecule has 0 aliphatic carbocycles. The van der Waals surface area contributed by atoms with Crippen LogP contribution >= 0.6 is 0 Å². The molecule has 0 saturated carbocycles. The van der Waals surface area contributed by atoms with Gasteiger partial charge in [0, 0.05) is 39.8 Å². The summed E-state index contributed by atoms with van der Waals surface area (Å²) in [6, 6.07) is 0. The molecule has 1 rings (SSSR count). The highest BCUT2D eigenvalue weighted by Gasteiger charge is 2.27. The summed E-state index contributed by atoms with van der Waals surface area (Å²) in [5, 5.41) is 8.68. The third-order valence-corrected chi connectivity index (χ3v) is 2.72. The molecule has 3 amide bonds. The highest BCUT2D eigenvalue weighted by molar-refractivity contribution is 6.34. The van der Waals surface area contributed by atoms with Crippen LogP contribution in [0.1, 0.15) is 0 Å². The van der Waals surface area contributed by atoms with Gasteiger partial charge < -0.3 is 19.8 Å². The SMILES string of the molecule is CN(CCO)C(=O)C(=O)N1CCN(C=O)CC1. The van der Waals surface area contributed by atoms with Crippen molar-refractivity contribution in [2.45, 2.75) is 0 Å². The van der Waals surface area contributed by atoms with Gasteiger partial charge in [-0.05, 0) is 0 Å². The van der Waals surface area contributed by atoms with Gasteiger partial charge in [-0.2, -0.15) is 0 Å². The van der Waals surface area contributed by atoms with E-state index in [-0.39, 0.29) is 13.2 Å². The molecule has 0 unspecified atom stereocenters. The second-order valence-electron chi connectivity index (χ2n) is 3.88. The number of piperazine rings is 1. The summed E-state index contributed by atoms with van der Waals surface area (Å²) in [6.45, 7) is 1.61. The van der Waals surface area contributed by atoms with Crippen LogP contribution in [0.15, 0.2) is 0 Å². The maximum absolute atomic E-state index is 11.8. The van der Waals surface area contributed by atoms with Crippen molar-refractivity contribution in [1.29, 1.82) is 0 Å². The number of aliphatic hydroxyl groups is 1. The molecule has 1 saturated heterocycles. The summed E-state index contributed by atoms with van der Waals surface area (Å²) < 4.78 is 0. The van der Waals surface area contributed by atoms with Gasteiger partial charge in [0.2, 0.25) is 6.41 Å². The predicted octanol–water partition coefficient (Wildman–Crippen LogP) is -2.26. The van der Waals surface area contributed by atoms with Crippen molar-refractivity contribution in [2.75, 3.05) is 46.4 Å². The largest absolute Gasteiger partial charge is 0.395 e. The molecule has 7 heteroatoms. The minimum atomic E-state index is -0.626. The monoisotopic (exact) mass is 243 g/mol. The van der Waals surface area contributed by atoms with Gasteiger partial charge in [-0.3, -0.25) is 14.4 Å². The van der Waals surface area contributed by atoms with Crippen LogP contribution in [0.2, 0.25) is 0 Å². The van der Waals surface area contributed by atoms with E-state index in [1.165, 1.54) is 16.8 Å². The van der Waals surface area contributed by atoms with Crippen LogP contribution in [0, 0.1) is 0 Å². The molecule has 96 valence electrons. The van der Waals surface area contributed by atoms with Crippen LogP contribution in [0.5, 0.6) is 0 Å². The van der Waals surface area contributed by atoms with Crippen LogP contribution in [0.4, 0.5) is 0 Å². The number of aliphatic hydroxyl groups excluding tert-OH is 1. The van der Waals surface area contributed by atoms with Gasteiger partial charge in [0.25, 0.3) is 0 Å². The molecular weight excluding hydrogens is 226 g/mol. The maximum atomic E-state index is 11.8. The second kappa shape index (κ2) is 6.19. The minimum absolute atomic E-state index is 0.138. The van der Waals surface area contributed by atoms with Crippen molar-refractivity contribution < 1.29 is 19.5 Å². The molecule has 7 nitrogen and oxygen atoms in total. The normalized spacial score (nSPS) is 15.6. The van der Waals surface area contributed by atoms with E-state index in [2.05, 4.69) is 0 Å². The smallest absolute Gasteiger partial charge is 0.312 e. The molecule has 17 heavy (non-hydrogen) atoms. The van der Waals surface area contributed by atoms with Crippen LogP contribution in [-0.2, 0) is 14.4 Å². The van der Waals surface area contributed by atoms with Crippen LogP contribution in [0.3, 0.4) is 0 Å². The van der Waals surface area contributed by atoms with E-state index in [0.717, 1.165) is 6.41 Å². The zero-order valence-corrected chi connectivity index (χ0v) is 9.83. The van der Waals surface area contributed by atoms with Crippen molar-refractivity contribution in [3.05, 3.63) is 0 Å². The van der Waals surface area contributed by atoms with Gasteiger partial charge in [0.05, 0.1) is 6.61 Å². The fourth-order valence-electron chi connectivity index (χ4n) is 1.58. The second-order valence-corrected chi connectivity index (χ2v) is 3.88. The van der Waals surface area contributed by atoms with E-state index >= 15 is 0 Å². The Bertz CT molecular complexity index is 300. The molecule has 1 aliphatic rings. The minimum Gasteiger partial charge on any atom is -0.395 e. The number of nitrogens with zero attached hydrogens (tertiary/aromatic N) is 3. The number of likely N-dealkylation sites (N-methyl/N-ethyl adjacent to an activating group) is 1. The molecule has 0 atom stereocenters. The summed E-state index contributed by atoms with van der Waals surface area (Å²) in [5.74, 6) is -1.20. The Morgan fingerprint density at radius 3 is 2.35 bits per heavy atom. The number of rotatable bonds is 3. The molecule has 1 heterocycles. The van der Waals surface area contributed by atoms with Crippen molar-refractivity contribution in [3.63, 3.8) is 0 Å². The maximum Gasteiger partial charge on any atom is 0.312 e. The average Bonchev–Trinajstić information content (AvgIpc) is 2.37. The molecular formula is C10H17N3O4. The molecule has 0 radical (unpaired) electrons. The van der Waals surface area contributed by atoms with E-state index in [0.29, 0.717) is 26.2 Å². The third kappa shape index (κ3) is 3.42. The Balaban J connectivity index is 2.48. The topological polar surface area (TPSA) is 81.2 Å². The molecule has 0 spiro atoms. The van der Waals surface area contributed by atoms with Crippen LogP contribution < -0.4 is 0 Å².